The molecule has 42 heavy (non-hydrogen) atoms. The number of fused-ring (bicyclic) bond motifs is 5. The van der Waals surface area contributed by atoms with E-state index in [1.165, 1.54) is 19.2 Å². The van der Waals surface area contributed by atoms with Crippen LogP contribution >= 0.6 is 0 Å². The molecule has 2 aromatic rings. The Balaban J connectivity index is 1.51. The molecule has 1 amide bonds. The van der Waals surface area contributed by atoms with Crippen molar-refractivity contribution in [3.05, 3.63) is 59.2 Å². The van der Waals surface area contributed by atoms with Gasteiger partial charge in [-0.2, -0.15) is 13.2 Å². The molecule has 6 rings (SSSR count). The number of methoxy groups -OCH3 is 1. The van der Waals surface area contributed by atoms with Gasteiger partial charge in [0.1, 0.15) is 37.8 Å². The smallest absolute Gasteiger partial charge is 0.455 e. The van der Waals surface area contributed by atoms with E-state index < -0.39 is 60.2 Å². The van der Waals surface area contributed by atoms with Crippen LogP contribution in [0.5, 0.6) is 11.5 Å². The van der Waals surface area contributed by atoms with Crippen molar-refractivity contribution in [2.45, 2.75) is 68.8 Å². The van der Waals surface area contributed by atoms with E-state index in [1.54, 1.807) is 44.2 Å². The van der Waals surface area contributed by atoms with Crippen molar-refractivity contribution < 1.29 is 60.8 Å². The summed E-state index contributed by atoms with van der Waals surface area (Å²) in [4.78, 5) is 32.1. The summed E-state index contributed by atoms with van der Waals surface area (Å²) in [6, 6.07) is 9.83. The molecular weight excluding hydrogens is 567 g/mol. The zero-order chi connectivity index (χ0) is 29.8. The number of halogens is 3. The Bertz CT molecular complexity index is 1350. The Morgan fingerprint density at radius 2 is 1.74 bits per heavy atom. The van der Waals surface area contributed by atoms with Crippen LogP contribution in [0.4, 0.5) is 13.2 Å². The quantitative estimate of drug-likeness (QED) is 0.268. The van der Waals surface area contributed by atoms with Crippen LogP contribution in [-0.2, 0) is 39.9 Å². The molecule has 11 nitrogen and oxygen atoms in total. The van der Waals surface area contributed by atoms with Crippen molar-refractivity contribution in [2.75, 3.05) is 20.7 Å². The number of hydrogen-bond acceptors (Lipinski definition) is 10. The predicted octanol–water partition coefficient (Wildman–Crippen LogP) is 3.45. The third-order valence-corrected chi connectivity index (χ3v) is 7.54. The summed E-state index contributed by atoms with van der Waals surface area (Å²) in [5.41, 5.74) is 0.812. The molecule has 6 atom stereocenters. The minimum atomic E-state index is -5.32. The molecule has 226 valence electrons. The van der Waals surface area contributed by atoms with E-state index >= 15 is 0 Å². The van der Waals surface area contributed by atoms with Crippen LogP contribution in [0.15, 0.2) is 42.5 Å². The van der Waals surface area contributed by atoms with Gasteiger partial charge in [-0.3, -0.25) is 9.63 Å². The molecule has 3 aliphatic heterocycles. The maximum atomic E-state index is 14.2. The summed E-state index contributed by atoms with van der Waals surface area (Å²) in [5.74, 6) is -4.90. The molecule has 14 heteroatoms. The highest BCUT2D eigenvalue weighted by molar-refractivity contribution is 5.94. The van der Waals surface area contributed by atoms with E-state index in [2.05, 4.69) is 0 Å². The summed E-state index contributed by atoms with van der Waals surface area (Å²) in [6.45, 7) is 2.44. The van der Waals surface area contributed by atoms with E-state index in [0.717, 1.165) is 0 Å². The lowest BCUT2D eigenvalue weighted by molar-refractivity contribution is -0.271. The molecule has 1 saturated heterocycles. The third-order valence-electron chi connectivity index (χ3n) is 7.54. The molecule has 0 radical (unpaired) electrons. The molecule has 4 aliphatic rings. The first kappa shape index (κ1) is 28.7. The van der Waals surface area contributed by atoms with Crippen molar-refractivity contribution in [1.82, 2.24) is 5.06 Å². The minimum absolute atomic E-state index is 0.0371. The highest BCUT2D eigenvalue weighted by Crippen LogP contribution is 2.52. The lowest BCUT2D eigenvalue weighted by Crippen LogP contribution is -2.67. The molecule has 0 aromatic heterocycles. The normalized spacial score (nSPS) is 28.9. The van der Waals surface area contributed by atoms with Crippen molar-refractivity contribution >= 4 is 11.9 Å². The number of rotatable bonds is 7. The Morgan fingerprint density at radius 1 is 1.05 bits per heavy atom. The lowest BCUT2D eigenvalue weighted by Gasteiger charge is -2.51. The fourth-order valence-corrected chi connectivity index (χ4v) is 5.96. The average molecular weight is 596 g/mol. The zero-order valence-corrected chi connectivity index (χ0v) is 22.8. The predicted molar refractivity (Wildman–Crippen MR) is 133 cm³/mol. The van der Waals surface area contributed by atoms with Crippen molar-refractivity contribution in [3.63, 3.8) is 0 Å². The van der Waals surface area contributed by atoms with Gasteiger partial charge < -0.3 is 33.2 Å². The van der Waals surface area contributed by atoms with Gasteiger partial charge in [0.15, 0.2) is 17.3 Å². The van der Waals surface area contributed by atoms with Gasteiger partial charge >= 0.3 is 18.1 Å². The molecule has 0 spiro atoms. The molecular formula is C28H28F3NO10. The SMILES string of the molecule is COCO[C@@H]1[C@H]2OC(C)(C)O[C@H]2[C@H](N(OCc2ccccc2)C(=O)C(F)(F)F)[C@H]2c3cc4c(cc3C(=O)O[C@@H]12)OCO4. The van der Waals surface area contributed by atoms with Gasteiger partial charge in [0.2, 0.25) is 6.79 Å². The van der Waals surface area contributed by atoms with Crippen molar-refractivity contribution in [2.24, 2.45) is 0 Å². The second kappa shape index (κ2) is 10.7. The van der Waals surface area contributed by atoms with Crippen LogP contribution < -0.4 is 9.47 Å². The second-order valence-electron chi connectivity index (χ2n) is 10.7. The highest BCUT2D eigenvalue weighted by atomic mass is 19.4. The van der Waals surface area contributed by atoms with E-state index in [1.807, 2.05) is 0 Å². The monoisotopic (exact) mass is 595 g/mol. The number of nitrogens with zero attached hydrogens (tertiary/aromatic N) is 1. The fraction of sp³-hybridized carbons (Fsp3) is 0.500. The van der Waals surface area contributed by atoms with E-state index in [0.29, 0.717) is 5.56 Å². The standard InChI is InChI=1S/C28H28F3NO10/c1-27(2)41-22-20(32(26(34)28(29,30)31)39-11-14-7-5-4-6-8-14)19-15-9-17-18(37-13-36-17)10-16(15)25(33)40-21(19)23(24(22)42-27)38-12-35-3/h4-10,19-24H,11-13H2,1-3H3/t19-,20-,21-,22+,23+,24+/m1/s1. The number of hydrogen-bond donors (Lipinski definition) is 0. The number of benzene rings is 2. The van der Waals surface area contributed by atoms with Crippen molar-refractivity contribution in [3.8, 4) is 11.5 Å². The summed E-state index contributed by atoms with van der Waals surface area (Å²) in [7, 11) is 1.39. The molecule has 2 fully saturated rings. The van der Waals surface area contributed by atoms with E-state index in [9.17, 15) is 22.8 Å². The maximum absolute atomic E-state index is 14.2. The first-order valence-corrected chi connectivity index (χ1v) is 13.2. The number of amides is 1. The van der Waals surface area contributed by atoms with Gasteiger partial charge in [-0.05, 0) is 37.1 Å². The van der Waals surface area contributed by atoms with Crippen LogP contribution in [0.1, 0.15) is 41.3 Å². The summed E-state index contributed by atoms with van der Waals surface area (Å²) in [6.07, 6.45) is -9.87. The van der Waals surface area contributed by atoms with Gasteiger partial charge in [0.25, 0.3) is 0 Å². The summed E-state index contributed by atoms with van der Waals surface area (Å²) >= 11 is 0. The third kappa shape index (κ3) is 5.07. The Hall–Kier alpha value is -3.43. The average Bonchev–Trinajstić information content (AvgIpc) is 3.54. The maximum Gasteiger partial charge on any atom is 0.473 e. The van der Waals surface area contributed by atoms with Crippen LogP contribution in [0.25, 0.3) is 0 Å². The molecule has 1 aliphatic carbocycles. The zero-order valence-electron chi connectivity index (χ0n) is 22.8. The first-order chi connectivity index (χ1) is 20.0. The van der Waals surface area contributed by atoms with Crippen LogP contribution in [-0.4, -0.2) is 80.1 Å². The summed E-state index contributed by atoms with van der Waals surface area (Å²) < 4.78 is 82.6. The van der Waals surface area contributed by atoms with Gasteiger partial charge in [-0.25, -0.2) is 9.86 Å². The summed E-state index contributed by atoms with van der Waals surface area (Å²) in [5, 5.41) is 0.285. The number of carbonyl (C=O) groups excluding carboxylic acids is 2. The Labute approximate surface area is 238 Å². The lowest BCUT2D eigenvalue weighted by atomic mass is 9.70. The number of ether oxygens (including phenoxy) is 7. The largest absolute Gasteiger partial charge is 0.473 e. The van der Waals surface area contributed by atoms with Crippen molar-refractivity contribution in [1.29, 1.82) is 0 Å². The molecule has 0 N–H and O–H groups in total. The van der Waals surface area contributed by atoms with Crippen LogP contribution in [0.3, 0.4) is 0 Å². The fourth-order valence-electron chi connectivity index (χ4n) is 5.96. The van der Waals surface area contributed by atoms with Gasteiger partial charge in [-0.1, -0.05) is 30.3 Å². The number of hydroxylamine groups is 2. The topological polar surface area (TPSA) is 111 Å². The van der Waals surface area contributed by atoms with Crippen LogP contribution in [0.2, 0.25) is 0 Å². The van der Waals surface area contributed by atoms with Gasteiger partial charge in [-0.15, -0.1) is 0 Å². The first-order valence-electron chi connectivity index (χ1n) is 13.2. The Kier molecular flexibility index (Phi) is 7.30. The van der Waals surface area contributed by atoms with Crippen LogP contribution in [0, 0.1) is 0 Å². The van der Waals surface area contributed by atoms with Gasteiger partial charge in [0.05, 0.1) is 17.5 Å². The van der Waals surface area contributed by atoms with Gasteiger partial charge in [0, 0.05) is 7.11 Å². The number of carbonyl (C=O) groups is 2. The molecule has 0 bridgehead atoms. The number of alkyl halides is 3. The minimum Gasteiger partial charge on any atom is -0.455 e. The second-order valence-corrected chi connectivity index (χ2v) is 10.7. The molecule has 0 unspecified atom stereocenters. The Morgan fingerprint density at radius 3 is 2.43 bits per heavy atom. The molecule has 1 saturated carbocycles. The van der Waals surface area contributed by atoms with E-state index in [4.69, 9.17) is 38.0 Å². The van der Waals surface area contributed by atoms with E-state index in [-0.39, 0.29) is 47.9 Å². The molecule has 3 heterocycles. The number of esters is 1. The molecule has 2 aromatic carbocycles. The highest BCUT2D eigenvalue weighted by Gasteiger charge is 2.65.